The van der Waals surface area contributed by atoms with Crippen LogP contribution in [0.25, 0.3) is 6.08 Å². The molecule has 0 bridgehead atoms. The van der Waals surface area contributed by atoms with Gasteiger partial charge in [-0.2, -0.15) is 20.0 Å². The number of aromatic nitrogens is 3. The lowest BCUT2D eigenvalue weighted by Gasteiger charge is -2.20. The Hall–Kier alpha value is -5.25. The number of halogens is 2. The minimum atomic E-state index is -0.369. The summed E-state index contributed by atoms with van der Waals surface area (Å²) in [6, 6.07) is 33.2. The lowest BCUT2D eigenvalue weighted by Crippen LogP contribution is -2.38. The van der Waals surface area contributed by atoms with Gasteiger partial charge < -0.3 is 10.6 Å². The van der Waals surface area contributed by atoms with Gasteiger partial charge in [-0.15, -0.1) is 0 Å². The van der Waals surface area contributed by atoms with E-state index in [9.17, 15) is 4.79 Å². The van der Waals surface area contributed by atoms with E-state index in [0.717, 1.165) is 11.1 Å². The van der Waals surface area contributed by atoms with Crippen molar-refractivity contribution < 1.29 is 4.79 Å². The summed E-state index contributed by atoms with van der Waals surface area (Å²) in [5, 5.41) is 8.72. The number of hydrogen-bond acceptors (Lipinski definition) is 8. The number of amidine groups is 1. The molecule has 0 fully saturated rings. The van der Waals surface area contributed by atoms with Crippen LogP contribution in [-0.4, -0.2) is 31.7 Å². The normalized spacial score (nSPS) is 13.7. The van der Waals surface area contributed by atoms with Gasteiger partial charge in [0.15, 0.2) is 5.84 Å². The number of amides is 1. The fourth-order valence-electron chi connectivity index (χ4n) is 4.14. The predicted molar refractivity (Wildman–Crippen MR) is 167 cm³/mol. The van der Waals surface area contributed by atoms with Gasteiger partial charge in [-0.25, -0.2) is 4.99 Å². The Balaban J connectivity index is 1.37. The Bertz CT molecular complexity index is 1750. The Morgan fingerprint density at radius 2 is 1.19 bits per heavy atom. The number of nitrogens with zero attached hydrogens (tertiary/aromatic N) is 5. The van der Waals surface area contributed by atoms with E-state index >= 15 is 0 Å². The minimum absolute atomic E-state index is 0.0944. The van der Waals surface area contributed by atoms with Gasteiger partial charge in [-0.3, -0.25) is 10.2 Å². The monoisotopic (exact) mass is 592 g/mol. The highest BCUT2D eigenvalue weighted by atomic mass is 35.5. The Labute approximate surface area is 251 Å². The van der Waals surface area contributed by atoms with Gasteiger partial charge in [0.05, 0.1) is 0 Å². The third kappa shape index (κ3) is 6.38. The Morgan fingerprint density at radius 1 is 0.643 bits per heavy atom. The van der Waals surface area contributed by atoms with Crippen molar-refractivity contribution in [3.05, 3.63) is 136 Å². The number of carbonyl (C=O) groups is 1. The molecule has 4 aromatic carbocycles. The van der Waals surface area contributed by atoms with Gasteiger partial charge in [0.1, 0.15) is 5.70 Å². The zero-order chi connectivity index (χ0) is 28.9. The van der Waals surface area contributed by atoms with Crippen LogP contribution in [0.3, 0.4) is 0 Å². The van der Waals surface area contributed by atoms with E-state index in [4.69, 9.17) is 23.2 Å². The summed E-state index contributed by atoms with van der Waals surface area (Å²) >= 11 is 12.4. The van der Waals surface area contributed by atoms with Crippen molar-refractivity contribution in [2.24, 2.45) is 4.99 Å². The van der Waals surface area contributed by atoms with Crippen LogP contribution < -0.4 is 16.1 Å². The number of nitrogens with one attached hydrogen (secondary N) is 3. The summed E-state index contributed by atoms with van der Waals surface area (Å²) in [4.78, 5) is 31.9. The van der Waals surface area contributed by atoms with E-state index < -0.39 is 0 Å². The van der Waals surface area contributed by atoms with E-state index in [1.54, 1.807) is 30.3 Å². The maximum Gasteiger partial charge on any atom is 0.297 e. The molecule has 42 heavy (non-hydrogen) atoms. The van der Waals surface area contributed by atoms with Crippen molar-refractivity contribution in [1.29, 1.82) is 0 Å². The van der Waals surface area contributed by atoms with Crippen LogP contribution in [0, 0.1) is 0 Å². The largest absolute Gasteiger partial charge is 0.324 e. The molecule has 0 saturated carbocycles. The van der Waals surface area contributed by atoms with Gasteiger partial charge in [-0.05, 0) is 48.0 Å². The first-order valence-corrected chi connectivity index (χ1v) is 13.6. The Kier molecular flexibility index (Phi) is 7.76. The first kappa shape index (κ1) is 26.9. The molecule has 1 aliphatic rings. The molecule has 1 aliphatic heterocycles. The lowest BCUT2D eigenvalue weighted by molar-refractivity contribution is -0.121. The van der Waals surface area contributed by atoms with E-state index in [0.29, 0.717) is 27.3 Å². The first-order chi connectivity index (χ1) is 20.5. The van der Waals surface area contributed by atoms with Crippen molar-refractivity contribution >= 4 is 70.2 Å². The van der Waals surface area contributed by atoms with Gasteiger partial charge >= 0.3 is 0 Å². The zero-order valence-electron chi connectivity index (χ0n) is 21.9. The number of hydrazine groups is 1. The molecule has 5 aromatic rings. The highest BCUT2D eigenvalue weighted by Gasteiger charge is 2.32. The lowest BCUT2D eigenvalue weighted by atomic mass is 10.2. The van der Waals surface area contributed by atoms with Crippen LogP contribution in [-0.2, 0) is 4.79 Å². The highest BCUT2D eigenvalue weighted by molar-refractivity contribution is 6.31. The van der Waals surface area contributed by atoms with Crippen LogP contribution in [0.4, 0.5) is 29.2 Å². The van der Waals surface area contributed by atoms with Crippen LogP contribution in [0.5, 0.6) is 0 Å². The first-order valence-electron chi connectivity index (χ1n) is 12.8. The SMILES string of the molecule is O=C1/C(=C\c2ccccc2)N=C(c2ccccc2)N1Nc1nc(Nc2cccc(Cl)c2)nc(Nc2cccc(Cl)c2)n1. The van der Waals surface area contributed by atoms with Crippen molar-refractivity contribution in [3.8, 4) is 0 Å². The van der Waals surface area contributed by atoms with Crippen LogP contribution in [0.15, 0.2) is 120 Å². The van der Waals surface area contributed by atoms with Gasteiger partial charge in [0, 0.05) is 27.0 Å². The number of hydrogen-bond donors (Lipinski definition) is 3. The number of aliphatic imine (C=N–C) groups is 1. The van der Waals surface area contributed by atoms with Gasteiger partial charge in [-0.1, -0.05) is 96.0 Å². The van der Waals surface area contributed by atoms with Crippen LogP contribution in [0.2, 0.25) is 10.0 Å². The van der Waals surface area contributed by atoms with E-state index in [-0.39, 0.29) is 29.4 Å². The fourth-order valence-corrected chi connectivity index (χ4v) is 4.52. The quantitative estimate of drug-likeness (QED) is 0.162. The molecule has 3 N–H and O–H groups in total. The molecule has 9 nitrogen and oxygen atoms in total. The number of benzene rings is 4. The average Bonchev–Trinajstić information content (AvgIpc) is 3.28. The summed E-state index contributed by atoms with van der Waals surface area (Å²) in [5.41, 5.74) is 6.23. The van der Waals surface area contributed by atoms with Crippen LogP contribution >= 0.6 is 23.2 Å². The Morgan fingerprint density at radius 3 is 1.76 bits per heavy atom. The molecule has 0 saturated heterocycles. The molecule has 0 spiro atoms. The molecule has 1 amide bonds. The van der Waals surface area contributed by atoms with E-state index in [1.807, 2.05) is 84.9 Å². The topological polar surface area (TPSA) is 107 Å². The summed E-state index contributed by atoms with van der Waals surface area (Å²) < 4.78 is 0. The van der Waals surface area contributed by atoms with E-state index in [2.05, 4.69) is 36.0 Å². The second-order valence-corrected chi connectivity index (χ2v) is 9.94. The van der Waals surface area contributed by atoms with E-state index in [1.165, 1.54) is 5.01 Å². The second-order valence-electron chi connectivity index (χ2n) is 9.07. The molecular formula is C31H22Cl2N8O. The molecule has 11 heteroatoms. The maximum absolute atomic E-state index is 13.7. The maximum atomic E-state index is 13.7. The molecule has 0 unspecified atom stereocenters. The third-order valence-electron chi connectivity index (χ3n) is 6.00. The molecule has 6 rings (SSSR count). The smallest absolute Gasteiger partial charge is 0.297 e. The highest BCUT2D eigenvalue weighted by Crippen LogP contribution is 2.25. The molecule has 0 atom stereocenters. The van der Waals surface area contributed by atoms with Gasteiger partial charge in [0.2, 0.25) is 17.8 Å². The van der Waals surface area contributed by atoms with Gasteiger partial charge in [0.25, 0.3) is 5.91 Å². The molecule has 2 heterocycles. The fraction of sp³-hybridized carbons (Fsp3) is 0. The number of rotatable bonds is 8. The zero-order valence-corrected chi connectivity index (χ0v) is 23.4. The standard InChI is InChI=1S/C31H22Cl2N8O/c32-22-13-7-15-24(18-22)34-29-37-30(35-25-16-8-14-23(33)19-25)39-31(38-29)40-41-27(21-11-5-2-6-12-21)36-26(28(41)42)17-20-9-3-1-4-10-20/h1-19H,(H3,34,35,37,38,39,40)/b26-17+. The summed E-state index contributed by atoms with van der Waals surface area (Å²) in [6.45, 7) is 0. The molecule has 206 valence electrons. The number of carbonyl (C=O) groups excluding carboxylic acids is 1. The predicted octanol–water partition coefficient (Wildman–Crippen LogP) is 7.32. The van der Waals surface area contributed by atoms with Crippen LogP contribution in [0.1, 0.15) is 11.1 Å². The average molecular weight is 593 g/mol. The third-order valence-corrected chi connectivity index (χ3v) is 6.47. The molecule has 0 radical (unpaired) electrons. The van der Waals surface area contributed by atoms with Crippen molar-refractivity contribution in [3.63, 3.8) is 0 Å². The number of anilines is 5. The van der Waals surface area contributed by atoms with Crippen molar-refractivity contribution in [2.45, 2.75) is 0 Å². The minimum Gasteiger partial charge on any atom is -0.324 e. The molecular weight excluding hydrogens is 571 g/mol. The second kappa shape index (κ2) is 12.1. The summed E-state index contributed by atoms with van der Waals surface area (Å²) in [6.07, 6.45) is 1.73. The molecule has 1 aromatic heterocycles. The summed E-state index contributed by atoms with van der Waals surface area (Å²) in [5.74, 6) is 0.550. The molecule has 0 aliphatic carbocycles. The van der Waals surface area contributed by atoms with Crippen molar-refractivity contribution in [1.82, 2.24) is 20.0 Å². The van der Waals surface area contributed by atoms with Crippen molar-refractivity contribution in [2.75, 3.05) is 16.1 Å². The summed E-state index contributed by atoms with van der Waals surface area (Å²) in [7, 11) is 0.